The van der Waals surface area contributed by atoms with Gasteiger partial charge in [-0.15, -0.1) is 23.5 Å². The molecular formula is C7H14S2. The molecule has 0 N–H and O–H groups in total. The first kappa shape index (κ1) is 7.80. The van der Waals surface area contributed by atoms with E-state index in [0.29, 0.717) is 4.75 Å². The van der Waals surface area contributed by atoms with Crippen LogP contribution in [0.15, 0.2) is 0 Å². The average molecular weight is 162 g/mol. The van der Waals surface area contributed by atoms with E-state index in [-0.39, 0.29) is 0 Å². The Hall–Kier alpha value is 0.700. The normalized spacial score (nSPS) is 41.0. The largest absolute Gasteiger partial charge is 0.146 e. The van der Waals surface area contributed by atoms with Gasteiger partial charge in [-0.1, -0.05) is 13.8 Å². The Morgan fingerprint density at radius 3 is 2.56 bits per heavy atom. The van der Waals surface area contributed by atoms with Gasteiger partial charge in [-0.2, -0.15) is 0 Å². The molecule has 2 unspecified atom stereocenters. The van der Waals surface area contributed by atoms with Crippen molar-refractivity contribution in [3.05, 3.63) is 0 Å². The molecule has 2 heteroatoms. The van der Waals surface area contributed by atoms with Crippen LogP contribution < -0.4 is 0 Å². The molecule has 1 rings (SSSR count). The van der Waals surface area contributed by atoms with Gasteiger partial charge in [0.2, 0.25) is 0 Å². The van der Waals surface area contributed by atoms with Crippen LogP contribution >= 0.6 is 23.5 Å². The smallest absolute Gasteiger partial charge is 0.0652 e. The summed E-state index contributed by atoms with van der Waals surface area (Å²) in [5.41, 5.74) is 0. The lowest BCUT2D eigenvalue weighted by Gasteiger charge is -2.01. The minimum Gasteiger partial charge on any atom is -0.146 e. The van der Waals surface area contributed by atoms with Crippen molar-refractivity contribution < 1.29 is 0 Å². The Morgan fingerprint density at radius 1 is 1.56 bits per heavy atom. The van der Waals surface area contributed by atoms with E-state index in [2.05, 4.69) is 44.3 Å². The predicted octanol–water partition coefficient (Wildman–Crippen LogP) is 2.98. The third kappa shape index (κ3) is 1.58. The molecule has 54 valence electrons. The Labute approximate surface area is 66.2 Å². The molecule has 0 aromatic carbocycles. The van der Waals surface area contributed by atoms with E-state index >= 15 is 0 Å². The maximum atomic E-state index is 2.37. The van der Waals surface area contributed by atoms with Gasteiger partial charge in [0.1, 0.15) is 0 Å². The number of thioether (sulfide) groups is 2. The Kier molecular flexibility index (Phi) is 2.38. The van der Waals surface area contributed by atoms with Gasteiger partial charge in [-0.3, -0.25) is 0 Å². The molecular weight excluding hydrogens is 148 g/mol. The van der Waals surface area contributed by atoms with Gasteiger partial charge < -0.3 is 0 Å². The van der Waals surface area contributed by atoms with Crippen molar-refractivity contribution in [3.8, 4) is 0 Å². The minimum atomic E-state index is 0.640. The van der Waals surface area contributed by atoms with E-state index in [4.69, 9.17) is 0 Å². The van der Waals surface area contributed by atoms with E-state index in [1.165, 1.54) is 12.2 Å². The molecule has 1 fully saturated rings. The summed E-state index contributed by atoms with van der Waals surface area (Å²) in [4.78, 5) is 0. The maximum absolute atomic E-state index is 2.37. The van der Waals surface area contributed by atoms with Crippen LogP contribution in [0.1, 0.15) is 27.2 Å². The zero-order valence-corrected chi connectivity index (χ0v) is 7.94. The molecule has 0 radical (unpaired) electrons. The van der Waals surface area contributed by atoms with Crippen LogP contribution in [0.3, 0.4) is 0 Å². The van der Waals surface area contributed by atoms with Crippen molar-refractivity contribution in [2.45, 2.75) is 36.5 Å². The molecule has 0 aromatic rings. The van der Waals surface area contributed by atoms with Crippen LogP contribution in [0.4, 0.5) is 0 Å². The molecule has 0 aliphatic carbocycles. The summed E-state index contributed by atoms with van der Waals surface area (Å²) in [6.45, 7) is 6.88. The summed E-state index contributed by atoms with van der Waals surface area (Å²) in [5.74, 6) is 1.27. The average Bonchev–Trinajstić information content (AvgIpc) is 2.46. The van der Waals surface area contributed by atoms with Crippen LogP contribution in [0.25, 0.3) is 0 Å². The van der Waals surface area contributed by atoms with Gasteiger partial charge in [0, 0.05) is 4.75 Å². The lowest BCUT2D eigenvalue weighted by molar-refractivity contribution is 0.744. The van der Waals surface area contributed by atoms with Crippen molar-refractivity contribution in [1.82, 2.24) is 0 Å². The fraction of sp³-hybridized carbons (Fsp3) is 1.00. The highest BCUT2D eigenvalue weighted by molar-refractivity contribution is 8.24. The van der Waals surface area contributed by atoms with Crippen LogP contribution in [-0.2, 0) is 0 Å². The lowest BCUT2D eigenvalue weighted by Crippen LogP contribution is -2.03. The van der Waals surface area contributed by atoms with Crippen molar-refractivity contribution in [3.63, 3.8) is 0 Å². The van der Waals surface area contributed by atoms with Crippen molar-refractivity contribution >= 4 is 23.5 Å². The number of hydrogen-bond acceptors (Lipinski definition) is 2. The summed E-state index contributed by atoms with van der Waals surface area (Å²) in [6, 6.07) is 0. The molecule has 0 aromatic heterocycles. The van der Waals surface area contributed by atoms with Gasteiger partial charge in [0.05, 0.1) is 4.58 Å². The summed E-state index contributed by atoms with van der Waals surface area (Å²) in [5, 5.41) is 0. The van der Waals surface area contributed by atoms with Crippen molar-refractivity contribution in [1.29, 1.82) is 0 Å². The van der Waals surface area contributed by atoms with E-state index in [1.54, 1.807) is 0 Å². The molecule has 0 nitrogen and oxygen atoms in total. The van der Waals surface area contributed by atoms with E-state index in [1.807, 2.05) is 0 Å². The first-order valence-corrected chi connectivity index (χ1v) is 5.45. The van der Waals surface area contributed by atoms with Gasteiger partial charge >= 0.3 is 0 Å². The minimum absolute atomic E-state index is 0.640. The molecule has 2 atom stereocenters. The molecule has 0 amide bonds. The monoisotopic (exact) mass is 162 g/mol. The fourth-order valence-corrected chi connectivity index (χ4v) is 3.94. The quantitative estimate of drug-likeness (QED) is 0.585. The second kappa shape index (κ2) is 2.75. The van der Waals surface area contributed by atoms with Gasteiger partial charge in [-0.25, -0.2) is 0 Å². The Balaban J connectivity index is 2.22. The van der Waals surface area contributed by atoms with E-state index in [0.717, 1.165) is 4.58 Å². The second-order valence-electron chi connectivity index (χ2n) is 2.57. The highest BCUT2D eigenvalue weighted by atomic mass is 32.2. The zero-order chi connectivity index (χ0) is 6.91. The van der Waals surface area contributed by atoms with Crippen molar-refractivity contribution in [2.75, 3.05) is 5.75 Å². The maximum Gasteiger partial charge on any atom is 0.0652 e. The molecule has 1 saturated heterocycles. The predicted molar refractivity (Wildman–Crippen MR) is 48.2 cm³/mol. The molecule has 1 aliphatic rings. The first-order chi connectivity index (χ1) is 4.23. The third-order valence-electron chi connectivity index (χ3n) is 1.84. The zero-order valence-electron chi connectivity index (χ0n) is 6.31. The molecule has 1 heterocycles. The van der Waals surface area contributed by atoms with E-state index < -0.39 is 0 Å². The highest BCUT2D eigenvalue weighted by Gasteiger charge is 2.49. The molecule has 1 aliphatic heterocycles. The lowest BCUT2D eigenvalue weighted by atomic mass is 10.2. The second-order valence-corrected chi connectivity index (χ2v) is 5.89. The summed E-state index contributed by atoms with van der Waals surface area (Å²) >= 11 is 4.22. The third-order valence-corrected chi connectivity index (χ3v) is 5.38. The van der Waals surface area contributed by atoms with Crippen LogP contribution in [0.5, 0.6) is 0 Å². The van der Waals surface area contributed by atoms with E-state index in [9.17, 15) is 0 Å². The standard InChI is InChI=1S/C7H14S2/c1-4-7(3)6(9-7)8-5-2/h6H,4-5H2,1-3H3. The van der Waals surface area contributed by atoms with Crippen LogP contribution in [0, 0.1) is 0 Å². The van der Waals surface area contributed by atoms with Gasteiger partial charge in [0.25, 0.3) is 0 Å². The SMILES string of the molecule is CCSC1SC1(C)CC. The summed E-state index contributed by atoms with van der Waals surface area (Å²) < 4.78 is 1.55. The van der Waals surface area contributed by atoms with Gasteiger partial charge in [-0.05, 0) is 19.1 Å². The highest BCUT2D eigenvalue weighted by Crippen LogP contribution is 2.60. The first-order valence-electron chi connectivity index (χ1n) is 3.52. The summed E-state index contributed by atoms with van der Waals surface area (Å²) in [7, 11) is 0. The fourth-order valence-electron chi connectivity index (χ4n) is 0.822. The Morgan fingerprint density at radius 2 is 2.22 bits per heavy atom. The van der Waals surface area contributed by atoms with Gasteiger partial charge in [0.15, 0.2) is 0 Å². The topological polar surface area (TPSA) is 0 Å². The number of hydrogen-bond donors (Lipinski definition) is 0. The number of rotatable bonds is 3. The van der Waals surface area contributed by atoms with Crippen molar-refractivity contribution in [2.24, 2.45) is 0 Å². The molecule has 0 bridgehead atoms. The molecule has 9 heavy (non-hydrogen) atoms. The molecule has 0 saturated carbocycles. The van der Waals surface area contributed by atoms with Crippen LogP contribution in [0.2, 0.25) is 0 Å². The molecule has 0 spiro atoms. The summed E-state index contributed by atoms with van der Waals surface area (Å²) in [6.07, 6.45) is 1.33. The Bertz CT molecular complexity index is 101. The van der Waals surface area contributed by atoms with Crippen LogP contribution in [-0.4, -0.2) is 15.1 Å².